The first-order valence-corrected chi connectivity index (χ1v) is 9.86. The Bertz CT molecular complexity index is 1130. The quantitative estimate of drug-likeness (QED) is 0.541. The highest BCUT2D eigenvalue weighted by Crippen LogP contribution is 2.37. The van der Waals surface area contributed by atoms with Crippen molar-refractivity contribution < 1.29 is 9.47 Å². The molecule has 1 aliphatic heterocycles. The van der Waals surface area contributed by atoms with Crippen LogP contribution in [-0.4, -0.2) is 31.8 Å². The Morgan fingerprint density at radius 3 is 2.69 bits per heavy atom. The van der Waals surface area contributed by atoms with Gasteiger partial charge in [0, 0.05) is 11.5 Å². The number of nitrogens with zero attached hydrogens (tertiary/aromatic N) is 3. The van der Waals surface area contributed by atoms with Crippen LogP contribution >= 0.6 is 47.8 Å². The van der Waals surface area contributed by atoms with Crippen LogP contribution in [0.1, 0.15) is 0 Å². The summed E-state index contributed by atoms with van der Waals surface area (Å²) in [5, 5.41) is 0. The molecule has 26 heavy (non-hydrogen) atoms. The van der Waals surface area contributed by atoms with E-state index in [0.717, 1.165) is 13.4 Å². The molecular weight excluding hydrogens is 540 g/mol. The number of aromatic nitrogens is 4. The average molecular weight is 551 g/mol. The summed E-state index contributed by atoms with van der Waals surface area (Å²) in [6, 6.07) is 4.07. The zero-order chi connectivity index (χ0) is 18.6. The minimum atomic E-state index is -0.510. The van der Waals surface area contributed by atoms with Gasteiger partial charge in [0.05, 0.1) is 15.5 Å². The lowest BCUT2D eigenvalue weighted by atomic mass is 10.3. The van der Waals surface area contributed by atoms with E-state index in [4.69, 9.17) is 9.47 Å². The maximum absolute atomic E-state index is 12.1. The molecule has 1 N–H and O–H groups in total. The minimum Gasteiger partial charge on any atom is -0.487 e. The third-order valence-corrected chi connectivity index (χ3v) is 5.64. The normalized spacial score (nSPS) is 15.9. The third kappa shape index (κ3) is 2.91. The SMILES string of the molecule is Cn1c(=O)[nH]c(=O)c2c1nc1n2C[C@@H](COc2c(Br)cc(Br)cc2Br)O1. The number of hydrogen-bond donors (Lipinski definition) is 1. The number of imidazole rings is 1. The van der Waals surface area contributed by atoms with Crippen LogP contribution in [0.4, 0.5) is 0 Å². The number of fused-ring (bicyclic) bond motifs is 3. The molecule has 0 spiro atoms. The lowest BCUT2D eigenvalue weighted by Gasteiger charge is -2.14. The van der Waals surface area contributed by atoms with Gasteiger partial charge >= 0.3 is 5.69 Å². The van der Waals surface area contributed by atoms with Gasteiger partial charge < -0.3 is 9.47 Å². The molecule has 3 heterocycles. The summed E-state index contributed by atoms with van der Waals surface area (Å²) in [5.74, 6) is 0.659. The van der Waals surface area contributed by atoms with Crippen LogP contribution in [0, 0.1) is 0 Å². The molecule has 3 aromatic rings. The average Bonchev–Trinajstić information content (AvgIpc) is 3.09. The number of hydrogen-bond acceptors (Lipinski definition) is 5. The van der Waals surface area contributed by atoms with Crippen LogP contribution in [0.15, 0.2) is 35.1 Å². The van der Waals surface area contributed by atoms with Crippen molar-refractivity contribution in [3.05, 3.63) is 46.4 Å². The Hall–Kier alpha value is -1.59. The van der Waals surface area contributed by atoms with E-state index in [1.54, 1.807) is 11.6 Å². The highest BCUT2D eigenvalue weighted by molar-refractivity contribution is 9.11. The first kappa shape index (κ1) is 17.8. The standard InChI is InChI=1S/C15H11Br3N4O4/c1-21-12-10(13(23)20-14(21)24)22-4-7(26-15(22)19-12)5-25-11-8(17)2-6(16)3-9(11)18/h2-3,7H,4-5H2,1H3,(H,20,23,24)/t7-/m0/s1. The Kier molecular flexibility index (Phi) is 4.48. The van der Waals surface area contributed by atoms with Gasteiger partial charge in [-0.1, -0.05) is 15.9 Å². The molecule has 0 fully saturated rings. The van der Waals surface area contributed by atoms with Crippen molar-refractivity contribution in [2.45, 2.75) is 12.6 Å². The second kappa shape index (κ2) is 6.54. The van der Waals surface area contributed by atoms with Crippen LogP contribution in [-0.2, 0) is 13.6 Å². The van der Waals surface area contributed by atoms with E-state index in [2.05, 4.69) is 57.8 Å². The number of benzene rings is 1. The summed E-state index contributed by atoms with van der Waals surface area (Å²) >= 11 is 10.3. The summed E-state index contributed by atoms with van der Waals surface area (Å²) in [4.78, 5) is 30.4. The van der Waals surface area contributed by atoms with Crippen LogP contribution in [0.25, 0.3) is 11.2 Å². The molecule has 0 radical (unpaired) electrons. The van der Waals surface area contributed by atoms with E-state index in [9.17, 15) is 9.59 Å². The number of H-pyrrole nitrogens is 1. The molecule has 0 saturated carbocycles. The maximum atomic E-state index is 12.1. The smallest absolute Gasteiger partial charge is 0.329 e. The van der Waals surface area contributed by atoms with E-state index >= 15 is 0 Å². The minimum absolute atomic E-state index is 0.271. The molecule has 0 saturated heterocycles. The Labute approximate surface area is 171 Å². The van der Waals surface area contributed by atoms with Crippen molar-refractivity contribution in [2.75, 3.05) is 6.61 Å². The molecule has 0 bridgehead atoms. The van der Waals surface area contributed by atoms with Crippen molar-refractivity contribution in [3.63, 3.8) is 0 Å². The van der Waals surface area contributed by atoms with Gasteiger partial charge in [-0.05, 0) is 44.0 Å². The van der Waals surface area contributed by atoms with Gasteiger partial charge in [-0.2, -0.15) is 4.98 Å². The lowest BCUT2D eigenvalue weighted by Crippen LogP contribution is -2.30. The molecule has 1 atom stereocenters. The Morgan fingerprint density at radius 2 is 2.00 bits per heavy atom. The molecule has 11 heteroatoms. The van der Waals surface area contributed by atoms with Crippen LogP contribution < -0.4 is 20.7 Å². The number of aromatic amines is 1. The summed E-state index contributed by atoms with van der Waals surface area (Å²) in [5.41, 5.74) is -0.378. The van der Waals surface area contributed by atoms with Gasteiger partial charge in [-0.15, -0.1) is 0 Å². The number of rotatable bonds is 3. The molecule has 0 unspecified atom stereocenters. The molecule has 2 aromatic heterocycles. The fourth-order valence-electron chi connectivity index (χ4n) is 2.79. The van der Waals surface area contributed by atoms with E-state index in [-0.39, 0.29) is 12.7 Å². The molecule has 4 rings (SSSR count). The van der Waals surface area contributed by atoms with Crippen molar-refractivity contribution in [1.29, 1.82) is 0 Å². The number of aryl methyl sites for hydroxylation is 1. The van der Waals surface area contributed by atoms with E-state index in [1.807, 2.05) is 12.1 Å². The third-order valence-electron chi connectivity index (χ3n) is 4.01. The topological polar surface area (TPSA) is 91.1 Å². The van der Waals surface area contributed by atoms with Gasteiger partial charge in [0.2, 0.25) is 0 Å². The molecule has 8 nitrogen and oxygen atoms in total. The molecule has 0 amide bonds. The fourth-order valence-corrected chi connectivity index (χ4v) is 5.28. The summed E-state index contributed by atoms with van der Waals surface area (Å²) in [6.07, 6.45) is -0.305. The zero-order valence-electron chi connectivity index (χ0n) is 13.3. The first-order chi connectivity index (χ1) is 12.3. The van der Waals surface area contributed by atoms with E-state index in [0.29, 0.717) is 29.5 Å². The molecule has 0 aliphatic carbocycles. The largest absolute Gasteiger partial charge is 0.487 e. The number of halogens is 3. The van der Waals surface area contributed by atoms with Gasteiger partial charge in [0.25, 0.3) is 11.6 Å². The Balaban J connectivity index is 1.58. The van der Waals surface area contributed by atoms with Crippen molar-refractivity contribution in [2.24, 2.45) is 7.05 Å². The predicted molar refractivity (Wildman–Crippen MR) is 105 cm³/mol. The van der Waals surface area contributed by atoms with Crippen molar-refractivity contribution >= 4 is 59.0 Å². The predicted octanol–water partition coefficient (Wildman–Crippen LogP) is 2.55. The van der Waals surface area contributed by atoms with Gasteiger partial charge in [-0.25, -0.2) is 4.79 Å². The number of ether oxygens (including phenoxy) is 2. The molecular formula is C15H11Br3N4O4. The number of nitrogens with one attached hydrogen (secondary N) is 1. The van der Waals surface area contributed by atoms with Crippen molar-refractivity contribution in [1.82, 2.24) is 19.1 Å². The van der Waals surface area contributed by atoms with Crippen LogP contribution in [0.5, 0.6) is 11.8 Å². The van der Waals surface area contributed by atoms with Gasteiger partial charge in [-0.3, -0.25) is 18.9 Å². The summed E-state index contributed by atoms with van der Waals surface area (Å²) in [7, 11) is 1.55. The zero-order valence-corrected chi connectivity index (χ0v) is 18.0. The van der Waals surface area contributed by atoms with E-state index in [1.165, 1.54) is 4.57 Å². The second-order valence-corrected chi connectivity index (χ2v) is 8.37. The van der Waals surface area contributed by atoms with Gasteiger partial charge in [0.1, 0.15) is 12.4 Å². The first-order valence-electron chi connectivity index (χ1n) is 7.48. The summed E-state index contributed by atoms with van der Waals surface area (Å²) in [6.45, 7) is 0.673. The van der Waals surface area contributed by atoms with Crippen LogP contribution in [0.3, 0.4) is 0 Å². The van der Waals surface area contributed by atoms with Crippen LogP contribution in [0.2, 0.25) is 0 Å². The van der Waals surface area contributed by atoms with E-state index < -0.39 is 11.2 Å². The Morgan fingerprint density at radius 1 is 1.31 bits per heavy atom. The summed E-state index contributed by atoms with van der Waals surface area (Å²) < 4.78 is 17.1. The lowest BCUT2D eigenvalue weighted by molar-refractivity contribution is 0.142. The highest BCUT2D eigenvalue weighted by Gasteiger charge is 2.29. The monoisotopic (exact) mass is 548 g/mol. The molecule has 1 aromatic carbocycles. The van der Waals surface area contributed by atoms with Gasteiger partial charge in [0.15, 0.2) is 17.3 Å². The van der Waals surface area contributed by atoms with Crippen molar-refractivity contribution in [3.8, 4) is 11.8 Å². The second-order valence-electron chi connectivity index (χ2n) is 5.74. The molecule has 136 valence electrons. The maximum Gasteiger partial charge on any atom is 0.329 e. The molecule has 1 aliphatic rings. The fraction of sp³-hybridized carbons (Fsp3) is 0.267. The highest BCUT2D eigenvalue weighted by atomic mass is 79.9.